The topological polar surface area (TPSA) is 60.2 Å². The molecule has 3 rings (SSSR count). The minimum atomic E-state index is -4.35. The molecule has 8 heteroatoms. The van der Waals surface area contributed by atoms with Crippen LogP contribution >= 0.6 is 0 Å². The molecular weight excluding hydrogens is 311 g/mol. The summed E-state index contributed by atoms with van der Waals surface area (Å²) in [4.78, 5) is 4.06. The van der Waals surface area contributed by atoms with E-state index in [1.165, 1.54) is 0 Å². The zero-order valence-electron chi connectivity index (χ0n) is 12.4. The molecule has 1 aliphatic carbocycles. The summed E-state index contributed by atoms with van der Waals surface area (Å²) in [5.41, 5.74) is 0.652. The minimum Gasteiger partial charge on any atom is -0.497 e. The minimum absolute atomic E-state index is 0.0358. The molecule has 1 N–H and O–H groups in total. The Hall–Kier alpha value is -2.09. The normalized spacial score (nSPS) is 16.3. The Morgan fingerprint density at radius 2 is 2.00 bits per heavy atom. The number of alkyl halides is 3. The number of rotatable bonds is 6. The van der Waals surface area contributed by atoms with E-state index < -0.39 is 12.2 Å². The number of methoxy groups -OCH3 is 1. The molecule has 23 heavy (non-hydrogen) atoms. The highest BCUT2D eigenvalue weighted by Gasteiger charge is 2.43. The monoisotopic (exact) mass is 327 g/mol. The Morgan fingerprint density at radius 1 is 1.30 bits per heavy atom. The van der Waals surface area contributed by atoms with Crippen molar-refractivity contribution in [3.8, 4) is 17.1 Å². The first-order chi connectivity index (χ1) is 11.0. The van der Waals surface area contributed by atoms with Crippen LogP contribution in [-0.4, -0.2) is 35.5 Å². The van der Waals surface area contributed by atoms with Crippen molar-refractivity contribution >= 4 is 0 Å². The average molecular weight is 327 g/mol. The van der Waals surface area contributed by atoms with Crippen LogP contribution in [0.1, 0.15) is 18.7 Å². The predicted molar refractivity (Wildman–Crippen MR) is 76.0 cm³/mol. The van der Waals surface area contributed by atoms with Crippen LogP contribution < -0.4 is 10.1 Å². The third-order valence-corrected chi connectivity index (χ3v) is 3.60. The van der Waals surface area contributed by atoms with Crippen molar-refractivity contribution in [3.05, 3.63) is 30.2 Å². The molecule has 1 fully saturated rings. The van der Waals surface area contributed by atoms with Gasteiger partial charge in [-0.3, -0.25) is 0 Å². The van der Waals surface area contributed by atoms with Gasteiger partial charge in [-0.15, -0.1) is 0 Å². The first-order valence-corrected chi connectivity index (χ1v) is 7.25. The molecule has 0 saturated heterocycles. The van der Waals surface area contributed by atoms with Crippen LogP contribution in [0.5, 0.6) is 5.75 Å². The van der Waals surface area contributed by atoms with Crippen LogP contribution in [-0.2, 0) is 6.42 Å². The van der Waals surface area contributed by atoms with Gasteiger partial charge in [0, 0.05) is 11.6 Å². The van der Waals surface area contributed by atoms with Crippen molar-refractivity contribution in [2.75, 3.05) is 7.11 Å². The summed E-state index contributed by atoms with van der Waals surface area (Å²) in [6.07, 6.45) is -3.18. The van der Waals surface area contributed by atoms with Crippen LogP contribution in [0.15, 0.2) is 28.8 Å². The molecule has 0 spiro atoms. The van der Waals surface area contributed by atoms with E-state index in [0.29, 0.717) is 11.3 Å². The molecule has 1 aromatic heterocycles. The Bertz CT molecular complexity index is 651. The van der Waals surface area contributed by atoms with Crippen LogP contribution in [0.3, 0.4) is 0 Å². The number of hydrogen-bond acceptors (Lipinski definition) is 5. The molecule has 1 unspecified atom stereocenters. The van der Waals surface area contributed by atoms with Gasteiger partial charge in [0.1, 0.15) is 11.8 Å². The highest BCUT2D eigenvalue weighted by atomic mass is 19.4. The summed E-state index contributed by atoms with van der Waals surface area (Å²) < 4.78 is 49.1. The molecule has 5 nitrogen and oxygen atoms in total. The molecule has 0 bridgehead atoms. The van der Waals surface area contributed by atoms with E-state index in [2.05, 4.69) is 15.5 Å². The summed E-state index contributed by atoms with van der Waals surface area (Å²) in [6.45, 7) is 0. The van der Waals surface area contributed by atoms with Gasteiger partial charge in [0.15, 0.2) is 0 Å². The van der Waals surface area contributed by atoms with Gasteiger partial charge in [-0.1, -0.05) is 5.16 Å². The van der Waals surface area contributed by atoms with Gasteiger partial charge in [0.05, 0.1) is 13.5 Å². The van der Waals surface area contributed by atoms with Crippen molar-refractivity contribution in [2.24, 2.45) is 0 Å². The van der Waals surface area contributed by atoms with Crippen molar-refractivity contribution in [3.63, 3.8) is 0 Å². The quantitative estimate of drug-likeness (QED) is 0.884. The van der Waals surface area contributed by atoms with E-state index in [1.54, 1.807) is 31.4 Å². The number of halogens is 3. The van der Waals surface area contributed by atoms with Crippen LogP contribution in [0, 0.1) is 0 Å². The van der Waals surface area contributed by atoms with Crippen molar-refractivity contribution in [1.82, 2.24) is 15.5 Å². The molecule has 1 heterocycles. The molecule has 0 radical (unpaired) electrons. The van der Waals surface area contributed by atoms with E-state index in [1.807, 2.05) is 0 Å². The largest absolute Gasteiger partial charge is 0.497 e. The van der Waals surface area contributed by atoms with E-state index in [-0.39, 0.29) is 24.2 Å². The van der Waals surface area contributed by atoms with Crippen molar-refractivity contribution in [1.29, 1.82) is 0 Å². The lowest BCUT2D eigenvalue weighted by Gasteiger charge is -2.19. The van der Waals surface area contributed by atoms with Gasteiger partial charge in [0.25, 0.3) is 0 Å². The van der Waals surface area contributed by atoms with Gasteiger partial charge < -0.3 is 14.6 Å². The van der Waals surface area contributed by atoms with Gasteiger partial charge in [-0.05, 0) is 37.1 Å². The van der Waals surface area contributed by atoms with E-state index in [0.717, 1.165) is 12.8 Å². The van der Waals surface area contributed by atoms with Gasteiger partial charge in [-0.25, -0.2) is 0 Å². The zero-order valence-corrected chi connectivity index (χ0v) is 12.4. The first-order valence-electron chi connectivity index (χ1n) is 7.25. The van der Waals surface area contributed by atoms with Gasteiger partial charge in [-0.2, -0.15) is 18.2 Å². The molecule has 1 aromatic carbocycles. The summed E-state index contributed by atoms with van der Waals surface area (Å²) in [6, 6.07) is 5.15. The van der Waals surface area contributed by atoms with Crippen LogP contribution in [0.2, 0.25) is 0 Å². The fourth-order valence-electron chi connectivity index (χ4n) is 2.17. The van der Waals surface area contributed by atoms with Crippen LogP contribution in [0.25, 0.3) is 11.4 Å². The first kappa shape index (κ1) is 15.8. The molecule has 1 aliphatic rings. The summed E-state index contributed by atoms with van der Waals surface area (Å²) >= 11 is 0. The number of nitrogens with zero attached hydrogens (tertiary/aromatic N) is 2. The maximum Gasteiger partial charge on any atom is 0.404 e. The van der Waals surface area contributed by atoms with E-state index in [9.17, 15) is 13.2 Å². The number of nitrogens with one attached hydrogen (secondary N) is 1. The maximum atomic E-state index is 13.0. The fraction of sp³-hybridized carbons (Fsp3) is 0.467. The second kappa shape index (κ2) is 6.19. The second-order valence-corrected chi connectivity index (χ2v) is 5.48. The highest BCUT2D eigenvalue weighted by Crippen LogP contribution is 2.28. The predicted octanol–water partition coefficient (Wildman–Crippen LogP) is 2.97. The summed E-state index contributed by atoms with van der Waals surface area (Å²) in [5.74, 6) is 0.893. The number of ether oxygens (including phenoxy) is 1. The van der Waals surface area contributed by atoms with Gasteiger partial charge >= 0.3 is 6.18 Å². The molecule has 1 saturated carbocycles. The summed E-state index contributed by atoms with van der Waals surface area (Å²) in [5, 5.41) is 6.32. The Kier molecular flexibility index (Phi) is 4.25. The lowest BCUT2D eigenvalue weighted by atomic mass is 10.2. The Morgan fingerprint density at radius 3 is 2.57 bits per heavy atom. The van der Waals surface area contributed by atoms with Crippen LogP contribution in [0.4, 0.5) is 13.2 Å². The molecule has 124 valence electrons. The average Bonchev–Trinajstić information content (AvgIpc) is 3.22. The fourth-order valence-corrected chi connectivity index (χ4v) is 2.17. The highest BCUT2D eigenvalue weighted by molar-refractivity contribution is 5.55. The van der Waals surface area contributed by atoms with Gasteiger partial charge in [0.2, 0.25) is 11.7 Å². The third-order valence-electron chi connectivity index (χ3n) is 3.60. The number of benzene rings is 1. The third kappa shape index (κ3) is 4.01. The SMILES string of the molecule is COc1ccc(-c2noc(CC(NC3CC3)C(F)(F)F)n2)cc1. The maximum absolute atomic E-state index is 13.0. The molecule has 0 aliphatic heterocycles. The summed E-state index contributed by atoms with van der Waals surface area (Å²) in [7, 11) is 1.55. The molecular formula is C15H16F3N3O2. The van der Waals surface area contributed by atoms with E-state index >= 15 is 0 Å². The molecule has 0 amide bonds. The second-order valence-electron chi connectivity index (χ2n) is 5.48. The van der Waals surface area contributed by atoms with E-state index in [4.69, 9.17) is 9.26 Å². The molecule has 2 aromatic rings. The molecule has 1 atom stereocenters. The standard InChI is InChI=1S/C15H16F3N3O2/c1-22-11-6-2-9(3-7-11)14-20-13(23-21-14)8-12(15(16,17)18)19-10-4-5-10/h2-3,6-7,10,12,19H,4-5,8H2,1H3. The number of hydrogen-bond donors (Lipinski definition) is 1. The van der Waals surface area contributed by atoms with Crippen molar-refractivity contribution in [2.45, 2.75) is 37.5 Å². The smallest absolute Gasteiger partial charge is 0.404 e. The van der Waals surface area contributed by atoms with Crippen molar-refractivity contribution < 1.29 is 22.4 Å². The zero-order chi connectivity index (χ0) is 16.4. The Labute approximate surface area is 130 Å². The Balaban J connectivity index is 1.72. The lowest BCUT2D eigenvalue weighted by molar-refractivity contribution is -0.157. The number of aromatic nitrogens is 2. The lowest BCUT2D eigenvalue weighted by Crippen LogP contribution is -2.45.